The zero-order valence-electron chi connectivity index (χ0n) is 3.37. The molecule has 0 N–H and O–H groups in total. The maximum atomic E-state index is 3.79. The number of halogens is 1. The molecule has 0 atom stereocenters. The fourth-order valence-electron chi connectivity index (χ4n) is 0.225. The second-order valence-electron chi connectivity index (χ2n) is 0.927. The third kappa shape index (κ3) is 1.34. The molecule has 0 aliphatic heterocycles. The van der Waals surface area contributed by atoms with E-state index in [1.165, 1.54) is 6.33 Å². The predicted molar refractivity (Wildman–Crippen MR) is 32.5 cm³/mol. The van der Waals surface area contributed by atoms with Gasteiger partial charge in [0.25, 0.3) is 0 Å². The van der Waals surface area contributed by atoms with E-state index in [0.717, 1.165) is 3.70 Å². The lowest BCUT2D eigenvalue weighted by Gasteiger charge is -1.78. The van der Waals surface area contributed by atoms with Gasteiger partial charge in [0.2, 0.25) is 0 Å². The third-order valence-corrected chi connectivity index (χ3v) is 1.02. The van der Waals surface area contributed by atoms with Crippen LogP contribution in [0, 0.1) is 3.70 Å². The molecule has 0 aliphatic carbocycles. The monoisotopic (exact) mass is 207 g/mol. The van der Waals surface area contributed by atoms with Gasteiger partial charge in [-0.3, -0.25) is 0 Å². The van der Waals surface area contributed by atoms with E-state index in [1.807, 2.05) is 0 Å². The second-order valence-corrected chi connectivity index (χ2v) is 2.03. The van der Waals surface area contributed by atoms with Gasteiger partial charge >= 0.3 is 0 Å². The van der Waals surface area contributed by atoms with Crippen LogP contribution in [0.1, 0.15) is 0 Å². The van der Waals surface area contributed by atoms with Crippen LogP contribution in [-0.2, 0) is 0 Å². The lowest BCUT2D eigenvalue weighted by atomic mass is 10.9. The van der Waals surface area contributed by atoms with E-state index in [-0.39, 0.29) is 0 Å². The van der Waals surface area contributed by atoms with Gasteiger partial charge in [0.05, 0.1) is 6.20 Å². The molecule has 3 nitrogen and oxygen atoms in total. The molecule has 0 saturated heterocycles. The number of rotatable bonds is 0. The summed E-state index contributed by atoms with van der Waals surface area (Å²) < 4.78 is 0.868. The zero-order valence-corrected chi connectivity index (χ0v) is 5.53. The van der Waals surface area contributed by atoms with Gasteiger partial charge < -0.3 is 0 Å². The number of hydrogen-bond acceptors (Lipinski definition) is 3. The smallest absolute Gasteiger partial charge is 0.139 e. The molecule has 1 rings (SSSR count). The van der Waals surface area contributed by atoms with Crippen LogP contribution >= 0.6 is 22.6 Å². The molecule has 0 unspecified atom stereocenters. The highest BCUT2D eigenvalue weighted by Crippen LogP contribution is 1.90. The average Bonchev–Trinajstić information content (AvgIpc) is 1.69. The van der Waals surface area contributed by atoms with Gasteiger partial charge in [0.1, 0.15) is 10.0 Å². The van der Waals surface area contributed by atoms with Crippen LogP contribution in [0.5, 0.6) is 0 Å². The molecule has 36 valence electrons. The Labute approximate surface area is 54.3 Å². The van der Waals surface area contributed by atoms with Crippen molar-refractivity contribution in [3.8, 4) is 0 Å². The summed E-state index contributed by atoms with van der Waals surface area (Å²) in [6.45, 7) is 0. The van der Waals surface area contributed by atoms with Crippen molar-refractivity contribution in [3.05, 3.63) is 16.2 Å². The first-order valence-corrected chi connectivity index (χ1v) is 2.75. The van der Waals surface area contributed by atoms with Gasteiger partial charge in [-0.05, 0) is 22.6 Å². The van der Waals surface area contributed by atoms with Crippen molar-refractivity contribution in [2.24, 2.45) is 0 Å². The number of aromatic nitrogens is 3. The maximum Gasteiger partial charge on any atom is 0.139 e. The first kappa shape index (κ1) is 4.89. The molecule has 0 amide bonds. The molecule has 0 aromatic carbocycles. The minimum absolute atomic E-state index is 0.868. The molecule has 0 saturated carbocycles. The van der Waals surface area contributed by atoms with Crippen molar-refractivity contribution in [1.29, 1.82) is 0 Å². The number of nitrogens with zero attached hydrogens (tertiary/aromatic N) is 3. The molecule has 1 aromatic heterocycles. The summed E-state index contributed by atoms with van der Waals surface area (Å²) >= 11 is 2.07. The number of hydrogen-bond donors (Lipinski definition) is 0. The zero-order chi connectivity index (χ0) is 5.11. The Morgan fingerprint density at radius 3 is 2.57 bits per heavy atom. The van der Waals surface area contributed by atoms with Crippen LogP contribution in [-0.4, -0.2) is 15.2 Å². The van der Waals surface area contributed by atoms with Gasteiger partial charge in [0, 0.05) is 0 Å². The van der Waals surface area contributed by atoms with Crippen LogP contribution < -0.4 is 0 Å². The quantitative estimate of drug-likeness (QED) is 0.580. The van der Waals surface area contributed by atoms with Gasteiger partial charge in [-0.25, -0.2) is 4.98 Å². The van der Waals surface area contributed by atoms with Crippen molar-refractivity contribution in [2.75, 3.05) is 0 Å². The van der Waals surface area contributed by atoms with E-state index in [1.54, 1.807) is 6.20 Å². The Bertz CT molecular complexity index is 140. The molecule has 0 aliphatic rings. The lowest BCUT2D eigenvalue weighted by Crippen LogP contribution is -1.82. The minimum atomic E-state index is 0.868. The summed E-state index contributed by atoms with van der Waals surface area (Å²) in [6.07, 6.45) is 3.02. The van der Waals surface area contributed by atoms with Crippen molar-refractivity contribution < 1.29 is 0 Å². The highest BCUT2D eigenvalue weighted by molar-refractivity contribution is 14.1. The van der Waals surface area contributed by atoms with Crippen LogP contribution in [0.2, 0.25) is 0 Å². The SMILES string of the molecule is Ic1cnncn1. The Morgan fingerprint density at radius 1 is 1.43 bits per heavy atom. The molecule has 0 bridgehead atoms. The summed E-state index contributed by atoms with van der Waals surface area (Å²) in [5.41, 5.74) is 0. The Kier molecular flexibility index (Phi) is 1.50. The topological polar surface area (TPSA) is 38.7 Å². The fourth-order valence-corrected chi connectivity index (χ4v) is 0.474. The standard InChI is InChI=1S/C3H2IN3/c4-3-1-6-7-2-5-3/h1-2H. The van der Waals surface area contributed by atoms with Crippen molar-refractivity contribution in [2.45, 2.75) is 0 Å². The van der Waals surface area contributed by atoms with Gasteiger partial charge in [-0.2, -0.15) is 5.10 Å². The van der Waals surface area contributed by atoms with Crippen molar-refractivity contribution >= 4 is 22.6 Å². The Balaban J connectivity index is 3.02. The molecule has 4 heteroatoms. The van der Waals surface area contributed by atoms with Crippen molar-refractivity contribution in [1.82, 2.24) is 15.2 Å². The van der Waals surface area contributed by atoms with E-state index in [9.17, 15) is 0 Å². The van der Waals surface area contributed by atoms with Gasteiger partial charge in [0.15, 0.2) is 0 Å². The Morgan fingerprint density at radius 2 is 2.29 bits per heavy atom. The van der Waals surface area contributed by atoms with E-state index < -0.39 is 0 Å². The highest BCUT2D eigenvalue weighted by atomic mass is 127. The van der Waals surface area contributed by atoms with Crippen LogP contribution in [0.15, 0.2) is 12.5 Å². The molecular formula is C3H2IN3. The minimum Gasteiger partial charge on any atom is -0.227 e. The molecule has 7 heavy (non-hydrogen) atoms. The van der Waals surface area contributed by atoms with E-state index in [2.05, 4.69) is 37.8 Å². The fraction of sp³-hybridized carbons (Fsp3) is 0. The van der Waals surface area contributed by atoms with E-state index in [4.69, 9.17) is 0 Å². The van der Waals surface area contributed by atoms with E-state index in [0.29, 0.717) is 0 Å². The summed E-state index contributed by atoms with van der Waals surface area (Å²) in [4.78, 5) is 3.79. The first-order chi connectivity index (χ1) is 3.39. The summed E-state index contributed by atoms with van der Waals surface area (Å²) in [6, 6.07) is 0. The summed E-state index contributed by atoms with van der Waals surface area (Å²) in [5, 5.41) is 7.04. The second kappa shape index (κ2) is 2.15. The molecular weight excluding hydrogens is 205 g/mol. The highest BCUT2D eigenvalue weighted by Gasteiger charge is 1.78. The first-order valence-electron chi connectivity index (χ1n) is 1.68. The van der Waals surface area contributed by atoms with Crippen LogP contribution in [0.25, 0.3) is 0 Å². The van der Waals surface area contributed by atoms with Gasteiger partial charge in [-0.15, -0.1) is 5.10 Å². The van der Waals surface area contributed by atoms with Crippen LogP contribution in [0.3, 0.4) is 0 Å². The average molecular weight is 207 g/mol. The van der Waals surface area contributed by atoms with Gasteiger partial charge in [-0.1, -0.05) is 0 Å². The normalized spacial score (nSPS) is 8.71. The molecule has 1 heterocycles. The summed E-state index contributed by atoms with van der Waals surface area (Å²) in [7, 11) is 0. The van der Waals surface area contributed by atoms with Crippen molar-refractivity contribution in [3.63, 3.8) is 0 Å². The molecule has 0 fully saturated rings. The molecule has 1 aromatic rings. The largest absolute Gasteiger partial charge is 0.227 e. The predicted octanol–water partition coefficient (Wildman–Crippen LogP) is 0.476. The van der Waals surface area contributed by atoms with Crippen LogP contribution in [0.4, 0.5) is 0 Å². The Hall–Kier alpha value is -0.260. The molecule has 0 radical (unpaired) electrons. The molecule has 0 spiro atoms. The third-order valence-electron chi connectivity index (χ3n) is 0.464. The maximum absolute atomic E-state index is 3.79. The lowest BCUT2D eigenvalue weighted by molar-refractivity contribution is 0.951. The summed E-state index contributed by atoms with van der Waals surface area (Å²) in [5.74, 6) is 0. The van der Waals surface area contributed by atoms with E-state index >= 15 is 0 Å².